The molecule has 2 rings (SSSR count). The zero-order valence-electron chi connectivity index (χ0n) is 13.6. The van der Waals surface area contributed by atoms with Crippen LogP contribution in [0.25, 0.3) is 0 Å². The lowest BCUT2D eigenvalue weighted by atomic mass is 10.2. The smallest absolute Gasteiger partial charge is 0.264 e. The number of rotatable bonds is 5. The lowest BCUT2D eigenvalue weighted by Gasteiger charge is -2.23. The molecule has 1 amide bonds. The molecule has 0 atom stereocenters. The van der Waals surface area contributed by atoms with Crippen LogP contribution in [0.3, 0.4) is 0 Å². The summed E-state index contributed by atoms with van der Waals surface area (Å²) in [7, 11) is 0. The van der Waals surface area contributed by atoms with E-state index in [0.717, 1.165) is 15.7 Å². The van der Waals surface area contributed by atoms with Gasteiger partial charge in [0.2, 0.25) is 0 Å². The van der Waals surface area contributed by atoms with Gasteiger partial charge in [-0.25, -0.2) is 0 Å². The molecule has 0 aromatic heterocycles. The van der Waals surface area contributed by atoms with E-state index in [1.54, 1.807) is 0 Å². The van der Waals surface area contributed by atoms with Crippen molar-refractivity contribution in [2.75, 3.05) is 18.1 Å². The minimum Gasteiger partial charge on any atom is -0.484 e. The van der Waals surface area contributed by atoms with Crippen LogP contribution in [0.4, 0.5) is 5.69 Å². The highest BCUT2D eigenvalue weighted by Gasteiger charge is 2.13. The quantitative estimate of drug-likeness (QED) is 0.759. The number of hydrogen-bond acceptors (Lipinski definition) is 3. The number of nitrogens with zero attached hydrogens (tertiary/aromatic N) is 1. The van der Waals surface area contributed by atoms with Gasteiger partial charge in [-0.1, -0.05) is 34.1 Å². The van der Waals surface area contributed by atoms with Gasteiger partial charge in [0, 0.05) is 16.7 Å². The average Bonchev–Trinajstić information content (AvgIpc) is 2.57. The van der Waals surface area contributed by atoms with Gasteiger partial charge in [-0.05, 0) is 62.0 Å². The van der Waals surface area contributed by atoms with Gasteiger partial charge in [0.15, 0.2) is 11.7 Å². The number of aryl methyl sites for hydroxylation is 1. The molecule has 0 saturated carbocycles. The van der Waals surface area contributed by atoms with Gasteiger partial charge in [-0.15, -0.1) is 0 Å². The van der Waals surface area contributed by atoms with Gasteiger partial charge in [0.25, 0.3) is 5.91 Å². The third-order valence-corrected chi connectivity index (χ3v) is 4.59. The highest BCUT2D eigenvalue weighted by atomic mass is 79.9. The largest absolute Gasteiger partial charge is 0.484 e. The molecule has 0 aliphatic carbocycles. The van der Waals surface area contributed by atoms with E-state index < -0.39 is 0 Å². The fraction of sp³-hybridized carbons (Fsp3) is 0.222. The van der Waals surface area contributed by atoms with Crippen molar-refractivity contribution < 1.29 is 9.53 Å². The van der Waals surface area contributed by atoms with Gasteiger partial charge < -0.3 is 9.64 Å². The Kier molecular flexibility index (Phi) is 6.75. The van der Waals surface area contributed by atoms with Crippen molar-refractivity contribution in [3.05, 3.63) is 58.6 Å². The minimum atomic E-state index is -0.282. The Morgan fingerprint density at radius 2 is 1.96 bits per heavy atom. The van der Waals surface area contributed by atoms with Crippen molar-refractivity contribution in [2.24, 2.45) is 0 Å². The van der Waals surface area contributed by atoms with Crippen molar-refractivity contribution in [1.82, 2.24) is 5.32 Å². The number of thiocarbonyl (C=S) groups is 1. The Morgan fingerprint density at radius 1 is 1.25 bits per heavy atom. The number of nitrogens with one attached hydrogen (secondary N) is 1. The SMILES string of the molecule is CCN(C(=S)NC(=O)COc1ccc(Br)c(C)c1)c1ccccc1. The Labute approximate surface area is 155 Å². The molecule has 0 fully saturated rings. The number of hydrogen-bond donors (Lipinski definition) is 1. The van der Waals surface area contributed by atoms with Crippen LogP contribution in [0, 0.1) is 6.92 Å². The molecular weight excluding hydrogens is 388 g/mol. The second-order valence-corrected chi connectivity index (χ2v) is 6.37. The first-order valence-electron chi connectivity index (χ1n) is 7.56. The first-order valence-corrected chi connectivity index (χ1v) is 8.76. The van der Waals surface area contributed by atoms with Gasteiger partial charge >= 0.3 is 0 Å². The number of carbonyl (C=O) groups excluding carboxylic acids is 1. The molecule has 0 saturated heterocycles. The van der Waals surface area contributed by atoms with Gasteiger partial charge in [-0.2, -0.15) is 0 Å². The van der Waals surface area contributed by atoms with E-state index in [1.807, 2.05) is 67.3 Å². The van der Waals surface area contributed by atoms with Crippen LogP contribution in [0.5, 0.6) is 5.75 Å². The predicted octanol–water partition coefficient (Wildman–Crippen LogP) is 4.06. The monoisotopic (exact) mass is 406 g/mol. The normalized spacial score (nSPS) is 10.1. The number of benzene rings is 2. The summed E-state index contributed by atoms with van der Waals surface area (Å²) < 4.78 is 6.51. The summed E-state index contributed by atoms with van der Waals surface area (Å²) in [5.41, 5.74) is 1.99. The lowest BCUT2D eigenvalue weighted by Crippen LogP contribution is -2.44. The van der Waals surface area contributed by atoms with Crippen LogP contribution in [0.1, 0.15) is 12.5 Å². The molecule has 24 heavy (non-hydrogen) atoms. The Bertz CT molecular complexity index is 722. The maximum atomic E-state index is 12.1. The van der Waals surface area contributed by atoms with E-state index in [9.17, 15) is 4.79 Å². The molecule has 0 unspecified atom stereocenters. The highest BCUT2D eigenvalue weighted by molar-refractivity contribution is 9.10. The average molecular weight is 407 g/mol. The predicted molar refractivity (Wildman–Crippen MR) is 105 cm³/mol. The molecule has 4 nitrogen and oxygen atoms in total. The molecule has 0 aliphatic heterocycles. The van der Waals surface area contributed by atoms with Crippen LogP contribution in [0.15, 0.2) is 53.0 Å². The fourth-order valence-corrected chi connectivity index (χ4v) is 2.73. The highest BCUT2D eigenvalue weighted by Crippen LogP contribution is 2.21. The van der Waals surface area contributed by atoms with Crippen LogP contribution in [-0.4, -0.2) is 24.2 Å². The Morgan fingerprint density at radius 3 is 2.58 bits per heavy atom. The Hall–Kier alpha value is -1.92. The molecule has 0 aliphatic rings. The summed E-state index contributed by atoms with van der Waals surface area (Å²) >= 11 is 8.76. The van der Waals surface area contributed by atoms with Crippen molar-refractivity contribution in [3.8, 4) is 5.75 Å². The standard InChI is InChI=1S/C18H19BrN2O2S/c1-3-21(14-7-5-4-6-8-14)18(24)20-17(22)12-23-15-9-10-16(19)13(2)11-15/h4-11H,3,12H2,1-2H3,(H,20,22,24). The number of halogens is 1. The molecule has 0 radical (unpaired) electrons. The summed E-state index contributed by atoms with van der Waals surface area (Å²) in [5, 5.41) is 3.07. The molecule has 0 spiro atoms. The first-order chi connectivity index (χ1) is 11.5. The number of ether oxygens (including phenoxy) is 1. The molecule has 0 heterocycles. The van der Waals surface area contributed by atoms with E-state index >= 15 is 0 Å². The Balaban J connectivity index is 1.91. The molecule has 0 bridgehead atoms. The summed E-state index contributed by atoms with van der Waals surface area (Å²) in [6.07, 6.45) is 0. The zero-order valence-corrected chi connectivity index (χ0v) is 16.0. The molecule has 2 aromatic carbocycles. The van der Waals surface area contributed by atoms with Gasteiger partial charge in [0.05, 0.1) is 0 Å². The first kappa shape index (κ1) is 18.4. The van der Waals surface area contributed by atoms with Crippen LogP contribution in [0.2, 0.25) is 0 Å². The topological polar surface area (TPSA) is 41.6 Å². The lowest BCUT2D eigenvalue weighted by molar-refractivity contribution is -0.121. The van der Waals surface area contributed by atoms with Gasteiger partial charge in [-0.3, -0.25) is 10.1 Å². The van der Waals surface area contributed by atoms with Crippen LogP contribution >= 0.6 is 28.1 Å². The summed E-state index contributed by atoms with van der Waals surface area (Å²) in [4.78, 5) is 13.9. The van der Waals surface area contributed by atoms with Crippen LogP contribution < -0.4 is 15.0 Å². The number of amides is 1. The van der Waals surface area contributed by atoms with E-state index in [-0.39, 0.29) is 12.5 Å². The summed E-state index contributed by atoms with van der Waals surface area (Å²) in [6.45, 7) is 4.52. The van der Waals surface area contributed by atoms with E-state index in [2.05, 4.69) is 21.2 Å². The molecule has 126 valence electrons. The van der Waals surface area contributed by atoms with E-state index in [4.69, 9.17) is 17.0 Å². The van der Waals surface area contributed by atoms with Crippen molar-refractivity contribution >= 4 is 44.9 Å². The van der Waals surface area contributed by atoms with E-state index in [0.29, 0.717) is 17.4 Å². The fourth-order valence-electron chi connectivity index (χ4n) is 2.13. The zero-order chi connectivity index (χ0) is 17.5. The second kappa shape index (κ2) is 8.80. The molecule has 2 aromatic rings. The van der Waals surface area contributed by atoms with Crippen molar-refractivity contribution in [3.63, 3.8) is 0 Å². The third-order valence-electron chi connectivity index (χ3n) is 3.37. The second-order valence-electron chi connectivity index (χ2n) is 5.13. The molecular formula is C18H19BrN2O2S. The van der Waals surface area contributed by atoms with Crippen LogP contribution in [-0.2, 0) is 4.79 Å². The van der Waals surface area contributed by atoms with Crippen molar-refractivity contribution in [2.45, 2.75) is 13.8 Å². The van der Waals surface area contributed by atoms with E-state index in [1.165, 1.54) is 0 Å². The summed E-state index contributed by atoms with van der Waals surface area (Å²) in [5.74, 6) is 0.363. The number of anilines is 1. The van der Waals surface area contributed by atoms with Crippen molar-refractivity contribution in [1.29, 1.82) is 0 Å². The third kappa shape index (κ3) is 5.04. The maximum absolute atomic E-state index is 12.1. The summed E-state index contributed by atoms with van der Waals surface area (Å²) in [6, 6.07) is 15.3. The molecule has 1 N–H and O–H groups in total. The van der Waals surface area contributed by atoms with Gasteiger partial charge in [0.1, 0.15) is 5.75 Å². The molecule has 6 heteroatoms. The number of carbonyl (C=O) groups is 1. The number of para-hydroxylation sites is 1. The maximum Gasteiger partial charge on any atom is 0.264 e. The minimum absolute atomic E-state index is 0.0897.